The van der Waals surface area contributed by atoms with Crippen LogP contribution >= 0.6 is 11.3 Å². The molecule has 110 valence electrons. The summed E-state index contributed by atoms with van der Waals surface area (Å²) in [6.45, 7) is 6.92. The Morgan fingerprint density at radius 1 is 1.50 bits per heavy atom. The van der Waals surface area contributed by atoms with Crippen molar-refractivity contribution >= 4 is 23.3 Å². The van der Waals surface area contributed by atoms with Crippen LogP contribution < -0.4 is 5.32 Å². The quantitative estimate of drug-likeness (QED) is 0.899. The second-order valence-corrected chi connectivity index (χ2v) is 6.69. The summed E-state index contributed by atoms with van der Waals surface area (Å²) in [5.41, 5.74) is 1.22. The first-order valence-corrected chi connectivity index (χ1v) is 7.55. The van der Waals surface area contributed by atoms with Crippen molar-refractivity contribution in [1.82, 2.24) is 10.2 Å². The van der Waals surface area contributed by atoms with Crippen molar-refractivity contribution in [2.75, 3.05) is 6.54 Å². The highest BCUT2D eigenvalue weighted by molar-refractivity contribution is 7.12. The Morgan fingerprint density at radius 3 is 2.75 bits per heavy atom. The average molecular weight is 296 g/mol. The molecule has 2 unspecified atom stereocenters. The molecule has 1 fully saturated rings. The van der Waals surface area contributed by atoms with Crippen LogP contribution in [0.4, 0.5) is 4.79 Å². The van der Waals surface area contributed by atoms with Crippen LogP contribution in [0.5, 0.6) is 0 Å². The number of nitrogens with zero attached hydrogens (tertiary/aromatic N) is 1. The second kappa shape index (κ2) is 5.83. The smallest absolute Gasteiger partial charge is 0.326 e. The van der Waals surface area contributed by atoms with E-state index < -0.39 is 12.0 Å². The normalized spacial score (nSPS) is 22.1. The van der Waals surface area contributed by atoms with Crippen molar-refractivity contribution in [1.29, 1.82) is 0 Å². The summed E-state index contributed by atoms with van der Waals surface area (Å²) < 4.78 is 0. The molecule has 0 aliphatic carbocycles. The maximum absolute atomic E-state index is 12.1. The van der Waals surface area contributed by atoms with E-state index in [-0.39, 0.29) is 11.9 Å². The Bertz CT molecular complexity index is 507. The molecule has 1 aromatic heterocycles. The number of carbonyl (C=O) groups excluding carboxylic acids is 1. The van der Waals surface area contributed by atoms with Gasteiger partial charge in [0.25, 0.3) is 0 Å². The lowest BCUT2D eigenvalue weighted by Crippen LogP contribution is -2.47. The summed E-state index contributed by atoms with van der Waals surface area (Å²) in [4.78, 5) is 27.1. The standard InChI is InChI=1S/C14H20N2O3S/c1-8-4-5-16(12(8)13(17)18)14(19)15-7-11-6-9(2)10(3)20-11/h6,8,12H,4-5,7H2,1-3H3,(H,15,19)(H,17,18). The molecular formula is C14H20N2O3S. The first kappa shape index (κ1) is 14.8. The zero-order chi connectivity index (χ0) is 14.9. The van der Waals surface area contributed by atoms with Crippen molar-refractivity contribution in [3.8, 4) is 0 Å². The molecule has 0 bridgehead atoms. The highest BCUT2D eigenvalue weighted by Gasteiger charge is 2.39. The molecule has 2 heterocycles. The molecule has 6 heteroatoms. The molecule has 5 nitrogen and oxygen atoms in total. The predicted molar refractivity (Wildman–Crippen MR) is 77.9 cm³/mol. The van der Waals surface area contributed by atoms with Gasteiger partial charge in [-0.05, 0) is 37.8 Å². The topological polar surface area (TPSA) is 69.6 Å². The molecule has 2 amide bonds. The summed E-state index contributed by atoms with van der Waals surface area (Å²) in [5.74, 6) is -0.919. The molecule has 1 saturated heterocycles. The van der Waals surface area contributed by atoms with E-state index >= 15 is 0 Å². The van der Waals surface area contributed by atoms with E-state index in [1.54, 1.807) is 11.3 Å². The Labute approximate surface area is 122 Å². The van der Waals surface area contributed by atoms with Gasteiger partial charge in [0, 0.05) is 16.3 Å². The lowest BCUT2D eigenvalue weighted by Gasteiger charge is -2.23. The second-order valence-electron chi connectivity index (χ2n) is 5.35. The van der Waals surface area contributed by atoms with Gasteiger partial charge in [0.15, 0.2) is 0 Å². The van der Waals surface area contributed by atoms with Crippen LogP contribution in [0.1, 0.15) is 28.7 Å². The fraction of sp³-hybridized carbons (Fsp3) is 0.571. The third kappa shape index (κ3) is 2.95. The molecule has 0 radical (unpaired) electrons. The zero-order valence-electron chi connectivity index (χ0n) is 12.0. The summed E-state index contributed by atoms with van der Waals surface area (Å²) in [6, 6.07) is 1.06. The third-order valence-corrected chi connectivity index (χ3v) is 5.00. The largest absolute Gasteiger partial charge is 0.480 e. The molecule has 1 aliphatic rings. The number of aliphatic carboxylic acids is 1. The minimum atomic E-state index is -0.923. The Balaban J connectivity index is 1.96. The number of likely N-dealkylation sites (tertiary alicyclic amines) is 1. The minimum Gasteiger partial charge on any atom is -0.480 e. The monoisotopic (exact) mass is 296 g/mol. The van der Waals surface area contributed by atoms with Crippen LogP contribution in [0, 0.1) is 19.8 Å². The average Bonchev–Trinajstić information content (AvgIpc) is 2.90. The number of carboxylic acids is 1. The van der Waals surface area contributed by atoms with Crippen molar-refractivity contribution in [2.24, 2.45) is 5.92 Å². The number of urea groups is 1. The number of carbonyl (C=O) groups is 2. The van der Waals surface area contributed by atoms with Crippen molar-refractivity contribution in [3.05, 3.63) is 21.4 Å². The van der Waals surface area contributed by atoms with E-state index in [1.807, 2.05) is 20.8 Å². The van der Waals surface area contributed by atoms with Crippen molar-refractivity contribution in [3.63, 3.8) is 0 Å². The van der Waals surface area contributed by atoms with Crippen LogP contribution in [0.3, 0.4) is 0 Å². The maximum Gasteiger partial charge on any atom is 0.326 e. The van der Waals surface area contributed by atoms with Crippen LogP contribution in [0.2, 0.25) is 0 Å². The van der Waals surface area contributed by atoms with Gasteiger partial charge in [-0.3, -0.25) is 0 Å². The molecule has 0 aromatic carbocycles. The van der Waals surface area contributed by atoms with Gasteiger partial charge < -0.3 is 15.3 Å². The van der Waals surface area contributed by atoms with Gasteiger partial charge in [0.1, 0.15) is 6.04 Å². The Kier molecular flexibility index (Phi) is 4.32. The third-order valence-electron chi connectivity index (χ3n) is 3.84. The van der Waals surface area contributed by atoms with E-state index in [2.05, 4.69) is 11.4 Å². The molecular weight excluding hydrogens is 276 g/mol. The molecule has 1 aliphatic heterocycles. The molecule has 0 saturated carbocycles. The summed E-state index contributed by atoms with van der Waals surface area (Å²) in [6.07, 6.45) is 0.738. The predicted octanol–water partition coefficient (Wildman–Crippen LogP) is 2.37. The first-order valence-electron chi connectivity index (χ1n) is 6.73. The molecule has 20 heavy (non-hydrogen) atoms. The maximum atomic E-state index is 12.1. The van der Waals surface area contributed by atoms with Gasteiger partial charge in [0.05, 0.1) is 6.54 Å². The van der Waals surface area contributed by atoms with Gasteiger partial charge in [-0.1, -0.05) is 6.92 Å². The SMILES string of the molecule is Cc1cc(CNC(=O)N2CCC(C)C2C(=O)O)sc1C. The number of rotatable bonds is 3. The van der Waals surface area contributed by atoms with E-state index in [0.717, 1.165) is 11.3 Å². The van der Waals surface area contributed by atoms with Gasteiger partial charge in [-0.25, -0.2) is 9.59 Å². The van der Waals surface area contributed by atoms with Crippen molar-refractivity contribution in [2.45, 2.75) is 39.8 Å². The number of amides is 2. The molecule has 2 rings (SSSR count). The lowest BCUT2D eigenvalue weighted by atomic mass is 10.0. The summed E-state index contributed by atoms with van der Waals surface area (Å²) in [7, 11) is 0. The van der Waals surface area contributed by atoms with E-state index in [9.17, 15) is 14.7 Å². The Morgan fingerprint density at radius 2 is 2.20 bits per heavy atom. The zero-order valence-corrected chi connectivity index (χ0v) is 12.8. The summed E-state index contributed by atoms with van der Waals surface area (Å²) >= 11 is 1.66. The van der Waals surface area contributed by atoms with Crippen LogP contribution in [-0.4, -0.2) is 34.6 Å². The minimum absolute atomic E-state index is 0.00415. The van der Waals surface area contributed by atoms with E-state index in [0.29, 0.717) is 13.1 Å². The molecule has 1 aromatic rings. The van der Waals surface area contributed by atoms with E-state index in [4.69, 9.17) is 0 Å². The fourth-order valence-electron chi connectivity index (χ4n) is 2.55. The van der Waals surface area contributed by atoms with Gasteiger partial charge in [0.2, 0.25) is 0 Å². The van der Waals surface area contributed by atoms with E-state index in [1.165, 1.54) is 15.3 Å². The Hall–Kier alpha value is -1.56. The highest BCUT2D eigenvalue weighted by atomic mass is 32.1. The molecule has 0 spiro atoms. The number of carboxylic acid groups (broad SMARTS) is 1. The van der Waals surface area contributed by atoms with Gasteiger partial charge in [-0.2, -0.15) is 0 Å². The fourth-order valence-corrected chi connectivity index (χ4v) is 3.55. The molecule has 2 N–H and O–H groups in total. The number of thiophene rings is 1. The van der Waals surface area contributed by atoms with Gasteiger partial charge >= 0.3 is 12.0 Å². The number of aryl methyl sites for hydroxylation is 2. The van der Waals surface area contributed by atoms with Gasteiger partial charge in [-0.15, -0.1) is 11.3 Å². The van der Waals surface area contributed by atoms with Crippen molar-refractivity contribution < 1.29 is 14.7 Å². The highest BCUT2D eigenvalue weighted by Crippen LogP contribution is 2.24. The number of hydrogen-bond acceptors (Lipinski definition) is 3. The first-order chi connectivity index (χ1) is 9.40. The van der Waals surface area contributed by atoms with Crippen LogP contribution in [-0.2, 0) is 11.3 Å². The molecule has 2 atom stereocenters. The number of nitrogens with one attached hydrogen (secondary N) is 1. The van der Waals surface area contributed by atoms with Crippen LogP contribution in [0.25, 0.3) is 0 Å². The van der Waals surface area contributed by atoms with Crippen LogP contribution in [0.15, 0.2) is 6.07 Å². The number of hydrogen-bond donors (Lipinski definition) is 2. The summed E-state index contributed by atoms with van der Waals surface area (Å²) in [5, 5.41) is 12.0. The lowest BCUT2D eigenvalue weighted by molar-refractivity contribution is -0.142.